The van der Waals surface area contributed by atoms with E-state index in [9.17, 15) is 9.59 Å². The lowest BCUT2D eigenvalue weighted by Crippen LogP contribution is -2.41. The lowest BCUT2D eigenvalue weighted by Gasteiger charge is -2.37. The summed E-state index contributed by atoms with van der Waals surface area (Å²) in [7, 11) is -0.123. The minimum atomic E-state index is -1.60. The van der Waals surface area contributed by atoms with Crippen LogP contribution in [0, 0.1) is 11.3 Å². The molecule has 1 aliphatic heterocycles. The summed E-state index contributed by atoms with van der Waals surface area (Å²) in [5.41, 5.74) is -1.15. The second kappa shape index (κ2) is 11.1. The van der Waals surface area contributed by atoms with Crippen LogP contribution in [0.15, 0.2) is 21.9 Å². The summed E-state index contributed by atoms with van der Waals surface area (Å²) >= 11 is 0. The van der Waals surface area contributed by atoms with Crippen LogP contribution in [0.3, 0.4) is 0 Å². The molecule has 2 rings (SSSR count). The highest BCUT2D eigenvalue weighted by Gasteiger charge is 2.47. The average molecular weight is 443 g/mol. The van der Waals surface area contributed by atoms with E-state index in [1.807, 2.05) is 27.7 Å². The Kier molecular flexibility index (Phi) is 8.57. The van der Waals surface area contributed by atoms with Crippen molar-refractivity contribution < 1.29 is 19.9 Å². The minimum absolute atomic E-state index is 0.101. The summed E-state index contributed by atoms with van der Waals surface area (Å²) in [6, 6.07) is 3.48. The third kappa shape index (κ3) is 5.76. The number of nitrogens with one attached hydrogen (secondary N) is 1. The van der Waals surface area contributed by atoms with Crippen LogP contribution in [0.25, 0.3) is 0 Å². The molecule has 168 valence electrons. The van der Waals surface area contributed by atoms with E-state index in [0.29, 0.717) is 0 Å². The molecule has 0 amide bonds. The molecule has 5 atom stereocenters. The molecule has 0 aromatic carbocycles. The lowest BCUT2D eigenvalue weighted by molar-refractivity contribution is -0.0510. The first-order valence-electron chi connectivity index (χ1n) is 10.5. The fourth-order valence-corrected chi connectivity index (χ4v) is 5.10. The molecule has 1 unspecified atom stereocenters. The number of hydrogen-bond donors (Lipinski definition) is 1. The molecular formula is C19H31N4O6P. The molecule has 0 spiro atoms. The molecule has 1 aromatic heterocycles. The van der Waals surface area contributed by atoms with Gasteiger partial charge in [-0.25, -0.2) is 9.46 Å². The van der Waals surface area contributed by atoms with Gasteiger partial charge >= 0.3 is 5.69 Å². The Bertz CT molecular complexity index is 849. The predicted octanol–water partition coefficient (Wildman–Crippen LogP) is 2.13. The summed E-state index contributed by atoms with van der Waals surface area (Å²) in [6.07, 6.45) is -1.42. The molecule has 1 saturated heterocycles. The van der Waals surface area contributed by atoms with Crippen molar-refractivity contribution in [3.05, 3.63) is 33.1 Å². The van der Waals surface area contributed by atoms with Crippen molar-refractivity contribution in [1.82, 2.24) is 14.2 Å². The van der Waals surface area contributed by atoms with Gasteiger partial charge in [-0.3, -0.25) is 14.3 Å². The van der Waals surface area contributed by atoms with Crippen LogP contribution >= 0.6 is 8.53 Å². The Balaban J connectivity index is 2.35. The summed E-state index contributed by atoms with van der Waals surface area (Å²) < 4.78 is 35.1. The Hall–Kier alpha value is -1.60. The molecule has 11 heteroatoms. The van der Waals surface area contributed by atoms with E-state index in [2.05, 4.69) is 15.7 Å². The smallest absolute Gasteiger partial charge is 0.330 e. The van der Waals surface area contributed by atoms with Gasteiger partial charge in [-0.15, -0.1) is 0 Å². The highest BCUT2D eigenvalue weighted by atomic mass is 31.2. The number of hydrogen-bond acceptors (Lipinski definition) is 8. The van der Waals surface area contributed by atoms with E-state index in [1.165, 1.54) is 23.9 Å². The number of nitriles is 1. The van der Waals surface area contributed by atoms with Gasteiger partial charge in [0.05, 0.1) is 25.2 Å². The van der Waals surface area contributed by atoms with Crippen molar-refractivity contribution in [2.24, 2.45) is 0 Å². The summed E-state index contributed by atoms with van der Waals surface area (Å²) in [6.45, 7) is 8.18. The zero-order valence-electron chi connectivity index (χ0n) is 19.0. The molecule has 1 fully saturated rings. The monoisotopic (exact) mass is 443 g/mol. The quantitative estimate of drug-likeness (QED) is 0.432. The molecular weight excluding hydrogens is 411 g/mol. The number of ether oxygens (including phenoxy) is 2. The number of aromatic nitrogens is 2. The highest BCUT2D eigenvalue weighted by molar-refractivity contribution is 7.44. The number of nitrogens with zero attached hydrogens (tertiary/aromatic N) is 3. The van der Waals surface area contributed by atoms with Gasteiger partial charge in [0, 0.05) is 32.8 Å². The second-order valence-electron chi connectivity index (χ2n) is 7.40. The SMILES string of the molecule is [2H]C[C@H]1O[C@@H](n2ccc(=O)[nH]c2=O)[C@H](OC)[C@@H]1OP(OCCC#N)N(C(C)C)C(C)C. The Morgan fingerprint density at radius 1 is 1.37 bits per heavy atom. The molecule has 0 saturated carbocycles. The molecule has 1 N–H and O–H groups in total. The summed E-state index contributed by atoms with van der Waals surface area (Å²) in [5.74, 6) is 0. The van der Waals surface area contributed by atoms with Crippen LogP contribution in [-0.4, -0.2) is 58.3 Å². The van der Waals surface area contributed by atoms with Crippen LogP contribution in [0.4, 0.5) is 0 Å². The van der Waals surface area contributed by atoms with E-state index in [4.69, 9.17) is 25.2 Å². The van der Waals surface area contributed by atoms with Gasteiger partial charge in [0.2, 0.25) is 0 Å². The average Bonchev–Trinajstić information content (AvgIpc) is 3.04. The van der Waals surface area contributed by atoms with Gasteiger partial charge in [0.15, 0.2) is 6.23 Å². The zero-order chi connectivity index (χ0) is 23.1. The number of aromatic amines is 1. The van der Waals surface area contributed by atoms with Crippen molar-refractivity contribution in [2.45, 2.75) is 77.6 Å². The van der Waals surface area contributed by atoms with Crippen LogP contribution < -0.4 is 11.2 Å². The molecule has 0 bridgehead atoms. The molecule has 0 radical (unpaired) electrons. The van der Waals surface area contributed by atoms with Crippen LogP contribution in [0.5, 0.6) is 0 Å². The van der Waals surface area contributed by atoms with Gasteiger partial charge in [-0.2, -0.15) is 5.26 Å². The van der Waals surface area contributed by atoms with Crippen molar-refractivity contribution in [2.75, 3.05) is 13.7 Å². The van der Waals surface area contributed by atoms with E-state index in [-0.39, 0.29) is 32.0 Å². The molecule has 2 heterocycles. The van der Waals surface area contributed by atoms with Crippen molar-refractivity contribution >= 4 is 8.53 Å². The van der Waals surface area contributed by atoms with Gasteiger partial charge in [0.1, 0.15) is 12.2 Å². The van der Waals surface area contributed by atoms with Gasteiger partial charge < -0.3 is 18.5 Å². The third-order valence-electron chi connectivity index (χ3n) is 4.56. The van der Waals surface area contributed by atoms with Gasteiger partial charge in [-0.05, 0) is 34.6 Å². The Morgan fingerprint density at radius 2 is 2.07 bits per heavy atom. The molecule has 10 nitrogen and oxygen atoms in total. The minimum Gasteiger partial charge on any atom is -0.374 e. The van der Waals surface area contributed by atoms with Crippen LogP contribution in [0.1, 0.15) is 48.6 Å². The second-order valence-corrected chi connectivity index (χ2v) is 8.81. The lowest BCUT2D eigenvalue weighted by atomic mass is 10.1. The fourth-order valence-electron chi connectivity index (χ4n) is 3.34. The van der Waals surface area contributed by atoms with E-state index in [1.54, 1.807) is 0 Å². The van der Waals surface area contributed by atoms with E-state index in [0.717, 1.165) is 0 Å². The maximum absolute atomic E-state index is 12.3. The maximum atomic E-state index is 12.3. The largest absolute Gasteiger partial charge is 0.374 e. The third-order valence-corrected chi connectivity index (χ3v) is 6.69. The molecule has 30 heavy (non-hydrogen) atoms. The maximum Gasteiger partial charge on any atom is 0.330 e. The summed E-state index contributed by atoms with van der Waals surface area (Å²) in [4.78, 5) is 25.9. The van der Waals surface area contributed by atoms with Gasteiger partial charge in [0.25, 0.3) is 14.1 Å². The normalized spacial score (nSPS) is 25.6. The molecule has 1 aromatic rings. The molecule has 1 aliphatic rings. The van der Waals surface area contributed by atoms with Crippen molar-refractivity contribution in [3.63, 3.8) is 0 Å². The standard InChI is InChI=1S/C19H31N4O6P/c1-12(2)23(13(3)4)30(27-11-7-9-20)29-16-14(5)28-18(17(16)26-6)22-10-8-15(24)21-19(22)25/h8,10,12-14,16-18H,7,11H2,1-6H3,(H,21,24,25)/t14-,16-,17-,18-,30?/m1/s1/i5D. The fraction of sp³-hybridized carbons (Fsp3) is 0.737. The van der Waals surface area contributed by atoms with Crippen molar-refractivity contribution in [3.8, 4) is 6.07 Å². The van der Waals surface area contributed by atoms with Crippen LogP contribution in [-0.2, 0) is 18.5 Å². The first kappa shape index (κ1) is 23.1. The van der Waals surface area contributed by atoms with E-state index >= 15 is 0 Å². The predicted molar refractivity (Wildman–Crippen MR) is 112 cm³/mol. The Morgan fingerprint density at radius 3 is 2.60 bits per heavy atom. The van der Waals surface area contributed by atoms with E-state index < -0.39 is 44.3 Å². The number of rotatable bonds is 10. The van der Waals surface area contributed by atoms with Crippen LogP contribution in [0.2, 0.25) is 0 Å². The molecule has 0 aliphatic carbocycles. The number of methoxy groups -OCH3 is 1. The van der Waals surface area contributed by atoms with Gasteiger partial charge in [-0.1, -0.05) is 0 Å². The summed E-state index contributed by atoms with van der Waals surface area (Å²) in [5, 5.41) is 8.89. The van der Waals surface area contributed by atoms with Crippen molar-refractivity contribution in [1.29, 1.82) is 5.26 Å². The topological polar surface area (TPSA) is 119 Å². The first-order chi connectivity index (χ1) is 14.7. The number of H-pyrrole nitrogens is 1. The Labute approximate surface area is 179 Å². The zero-order valence-corrected chi connectivity index (χ0v) is 18.9. The highest BCUT2D eigenvalue weighted by Crippen LogP contribution is 2.50. The first-order valence-corrected chi connectivity index (χ1v) is 10.9.